The molecule has 1 rings (SSSR count). The molecular weight excluding hydrogens is 170 g/mol. The van der Waals surface area contributed by atoms with E-state index in [2.05, 4.69) is 23.1 Å². The monoisotopic (exact) mass is 183 g/mol. The molecule has 1 aromatic rings. The van der Waals surface area contributed by atoms with Gasteiger partial charge in [0.2, 0.25) is 0 Å². The van der Waals surface area contributed by atoms with E-state index in [0.717, 1.165) is 24.2 Å². The Morgan fingerprint density at radius 1 is 1.43 bits per heavy atom. The van der Waals surface area contributed by atoms with Gasteiger partial charge in [0.05, 0.1) is 0 Å². The summed E-state index contributed by atoms with van der Waals surface area (Å²) in [5, 5.41) is 3.26. The molecule has 1 aromatic carbocycles. The second-order valence-corrected chi connectivity index (χ2v) is 2.83. The van der Waals surface area contributed by atoms with Gasteiger partial charge in [0, 0.05) is 24.2 Å². The number of terminal acetylenes is 1. The lowest BCUT2D eigenvalue weighted by Gasteiger charge is -2.03. The fourth-order valence-corrected chi connectivity index (χ4v) is 1.11. The van der Waals surface area contributed by atoms with E-state index in [9.17, 15) is 0 Å². The molecular formula is C13H13N. The largest absolute Gasteiger partial charge is 0.384 e. The van der Waals surface area contributed by atoms with Crippen molar-refractivity contribution in [2.75, 3.05) is 11.9 Å². The Labute approximate surface area is 85.5 Å². The van der Waals surface area contributed by atoms with E-state index in [4.69, 9.17) is 6.42 Å². The molecule has 0 saturated heterocycles. The van der Waals surface area contributed by atoms with Crippen molar-refractivity contribution >= 4 is 5.69 Å². The van der Waals surface area contributed by atoms with Gasteiger partial charge in [0.15, 0.2) is 0 Å². The van der Waals surface area contributed by atoms with Crippen LogP contribution in [0.3, 0.4) is 0 Å². The predicted molar refractivity (Wildman–Crippen MR) is 60.9 cm³/mol. The highest BCUT2D eigenvalue weighted by Gasteiger charge is 1.91. The quantitative estimate of drug-likeness (QED) is 0.560. The number of rotatable bonds is 3. The number of anilines is 1. The number of nitrogens with one attached hydrogen (secondary N) is 1. The van der Waals surface area contributed by atoms with Gasteiger partial charge in [-0.05, 0) is 25.1 Å². The van der Waals surface area contributed by atoms with Crippen LogP contribution in [0.1, 0.15) is 18.9 Å². The third-order valence-corrected chi connectivity index (χ3v) is 1.79. The maximum atomic E-state index is 5.29. The van der Waals surface area contributed by atoms with Gasteiger partial charge >= 0.3 is 0 Å². The van der Waals surface area contributed by atoms with Crippen LogP contribution in [0.2, 0.25) is 0 Å². The molecule has 0 amide bonds. The van der Waals surface area contributed by atoms with Gasteiger partial charge < -0.3 is 5.32 Å². The van der Waals surface area contributed by atoms with E-state index in [-0.39, 0.29) is 0 Å². The lowest BCUT2D eigenvalue weighted by Crippen LogP contribution is -2.00. The first-order valence-electron chi connectivity index (χ1n) is 4.57. The van der Waals surface area contributed by atoms with Crippen molar-refractivity contribution in [1.29, 1.82) is 0 Å². The summed E-state index contributed by atoms with van der Waals surface area (Å²) in [6, 6.07) is 7.82. The molecule has 0 fully saturated rings. The van der Waals surface area contributed by atoms with Crippen molar-refractivity contribution in [3.05, 3.63) is 29.8 Å². The zero-order chi connectivity index (χ0) is 10.2. The molecule has 1 nitrogen and oxygen atoms in total. The van der Waals surface area contributed by atoms with Crippen LogP contribution in [-0.2, 0) is 0 Å². The third-order valence-electron chi connectivity index (χ3n) is 1.79. The van der Waals surface area contributed by atoms with E-state index < -0.39 is 0 Å². The van der Waals surface area contributed by atoms with Crippen molar-refractivity contribution in [2.45, 2.75) is 13.3 Å². The maximum Gasteiger partial charge on any atom is 0.0352 e. The fourth-order valence-electron chi connectivity index (χ4n) is 1.11. The zero-order valence-electron chi connectivity index (χ0n) is 8.30. The van der Waals surface area contributed by atoms with Gasteiger partial charge in [-0.25, -0.2) is 0 Å². The summed E-state index contributed by atoms with van der Waals surface area (Å²) in [6.07, 6.45) is 6.15. The van der Waals surface area contributed by atoms with Crippen LogP contribution in [0, 0.1) is 24.2 Å². The molecule has 0 unspecified atom stereocenters. The second kappa shape index (κ2) is 5.73. The molecule has 1 N–H and O–H groups in total. The highest BCUT2D eigenvalue weighted by molar-refractivity contribution is 5.49. The minimum absolute atomic E-state index is 0.856. The van der Waals surface area contributed by atoms with Crippen molar-refractivity contribution in [1.82, 2.24) is 0 Å². The van der Waals surface area contributed by atoms with Gasteiger partial charge in [-0.1, -0.05) is 12.0 Å². The first-order valence-corrected chi connectivity index (χ1v) is 4.57. The van der Waals surface area contributed by atoms with Gasteiger partial charge in [-0.15, -0.1) is 18.3 Å². The van der Waals surface area contributed by atoms with Crippen molar-refractivity contribution in [3.8, 4) is 24.2 Å². The molecule has 0 bridgehead atoms. The van der Waals surface area contributed by atoms with E-state index in [1.165, 1.54) is 0 Å². The molecule has 0 aliphatic heterocycles. The van der Waals surface area contributed by atoms with E-state index in [1.54, 1.807) is 0 Å². The van der Waals surface area contributed by atoms with E-state index >= 15 is 0 Å². The Kier molecular flexibility index (Phi) is 4.18. The number of benzene rings is 1. The molecule has 0 aromatic heterocycles. The SMILES string of the molecule is C#Cc1cccc(NCCC#CC)c1. The Morgan fingerprint density at radius 3 is 3.00 bits per heavy atom. The normalized spacial score (nSPS) is 8.29. The Hall–Kier alpha value is -1.86. The van der Waals surface area contributed by atoms with Crippen LogP contribution in [0.15, 0.2) is 24.3 Å². The van der Waals surface area contributed by atoms with E-state index in [0.29, 0.717) is 0 Å². The second-order valence-electron chi connectivity index (χ2n) is 2.83. The molecule has 70 valence electrons. The van der Waals surface area contributed by atoms with E-state index in [1.807, 2.05) is 31.2 Å². The summed E-state index contributed by atoms with van der Waals surface area (Å²) in [5.74, 6) is 8.45. The summed E-state index contributed by atoms with van der Waals surface area (Å²) in [6.45, 7) is 2.70. The third kappa shape index (κ3) is 3.25. The average molecular weight is 183 g/mol. The summed E-state index contributed by atoms with van der Waals surface area (Å²) >= 11 is 0. The molecule has 0 aliphatic rings. The van der Waals surface area contributed by atoms with Crippen LogP contribution in [-0.4, -0.2) is 6.54 Å². The minimum atomic E-state index is 0.856. The zero-order valence-corrected chi connectivity index (χ0v) is 8.30. The minimum Gasteiger partial charge on any atom is -0.384 e. The summed E-state index contributed by atoms with van der Waals surface area (Å²) in [7, 11) is 0. The first kappa shape index (κ1) is 10.2. The van der Waals surface area contributed by atoms with Crippen molar-refractivity contribution in [2.24, 2.45) is 0 Å². The molecule has 0 heterocycles. The molecule has 1 heteroatoms. The van der Waals surface area contributed by atoms with Crippen LogP contribution >= 0.6 is 0 Å². The average Bonchev–Trinajstić information content (AvgIpc) is 2.25. The van der Waals surface area contributed by atoms with Crippen molar-refractivity contribution in [3.63, 3.8) is 0 Å². The first-order chi connectivity index (χ1) is 6.86. The van der Waals surface area contributed by atoms with Gasteiger partial charge in [-0.3, -0.25) is 0 Å². The van der Waals surface area contributed by atoms with Gasteiger partial charge in [-0.2, -0.15) is 0 Å². The molecule has 0 atom stereocenters. The van der Waals surface area contributed by atoms with Gasteiger partial charge in [0.1, 0.15) is 0 Å². The highest BCUT2D eigenvalue weighted by atomic mass is 14.9. The predicted octanol–water partition coefficient (Wildman–Crippen LogP) is 2.49. The number of hydrogen-bond donors (Lipinski definition) is 1. The molecule has 0 aliphatic carbocycles. The lowest BCUT2D eigenvalue weighted by atomic mass is 10.2. The lowest BCUT2D eigenvalue weighted by molar-refractivity contribution is 1.10. The van der Waals surface area contributed by atoms with Crippen LogP contribution in [0.25, 0.3) is 0 Å². The summed E-state index contributed by atoms with van der Waals surface area (Å²) in [5.41, 5.74) is 1.95. The highest BCUT2D eigenvalue weighted by Crippen LogP contribution is 2.09. The Bertz CT molecular complexity index is 388. The Balaban J connectivity index is 2.50. The fraction of sp³-hybridized carbons (Fsp3) is 0.231. The van der Waals surface area contributed by atoms with Crippen molar-refractivity contribution < 1.29 is 0 Å². The molecule has 0 spiro atoms. The van der Waals surface area contributed by atoms with Crippen LogP contribution in [0.5, 0.6) is 0 Å². The molecule has 0 radical (unpaired) electrons. The number of hydrogen-bond acceptors (Lipinski definition) is 1. The Morgan fingerprint density at radius 2 is 2.29 bits per heavy atom. The maximum absolute atomic E-state index is 5.29. The van der Waals surface area contributed by atoms with Crippen LogP contribution in [0.4, 0.5) is 5.69 Å². The molecule has 0 saturated carbocycles. The smallest absolute Gasteiger partial charge is 0.0352 e. The standard InChI is InChI=1S/C13H13N/c1-3-5-6-10-14-13-9-7-8-12(4-2)11-13/h2,7-9,11,14H,6,10H2,1H3. The van der Waals surface area contributed by atoms with Crippen LogP contribution < -0.4 is 5.32 Å². The topological polar surface area (TPSA) is 12.0 Å². The summed E-state index contributed by atoms with van der Waals surface area (Å²) < 4.78 is 0. The summed E-state index contributed by atoms with van der Waals surface area (Å²) in [4.78, 5) is 0. The van der Waals surface area contributed by atoms with Gasteiger partial charge in [0.25, 0.3) is 0 Å². The molecule has 14 heavy (non-hydrogen) atoms.